The van der Waals surface area contributed by atoms with Crippen LogP contribution in [0, 0.1) is 11.3 Å². The summed E-state index contributed by atoms with van der Waals surface area (Å²) in [5.41, 5.74) is 1.91. The highest BCUT2D eigenvalue weighted by molar-refractivity contribution is 6.34. The molecule has 0 saturated carbocycles. The van der Waals surface area contributed by atoms with Crippen LogP contribution < -0.4 is 0 Å². The molecule has 0 spiro atoms. The Bertz CT molecular complexity index is 593. The zero-order valence-electron chi connectivity index (χ0n) is 8.62. The predicted octanol–water partition coefficient (Wildman–Crippen LogP) is 2.85. The number of hydrogen-bond donors (Lipinski definition) is 1. The van der Waals surface area contributed by atoms with Crippen LogP contribution in [0.25, 0.3) is 10.9 Å². The number of nitrogens with zero attached hydrogens (tertiary/aromatic N) is 1. The van der Waals surface area contributed by atoms with Crippen molar-refractivity contribution >= 4 is 28.3 Å². The van der Waals surface area contributed by atoms with Crippen molar-refractivity contribution in [3.05, 3.63) is 35.5 Å². The second-order valence-corrected chi connectivity index (χ2v) is 4.21. The van der Waals surface area contributed by atoms with Gasteiger partial charge in [0.05, 0.1) is 17.0 Å². The Hall–Kier alpha value is -1.79. The lowest BCUT2D eigenvalue weighted by molar-refractivity contribution is 0.0993. The molecule has 80 valence electrons. The van der Waals surface area contributed by atoms with E-state index in [1.807, 2.05) is 6.07 Å². The molecule has 0 aliphatic heterocycles. The molecule has 1 aromatic heterocycles. The van der Waals surface area contributed by atoms with Gasteiger partial charge in [0, 0.05) is 22.7 Å². The minimum Gasteiger partial charge on any atom is -0.360 e. The molecule has 2 rings (SSSR count). The lowest BCUT2D eigenvalue weighted by Crippen LogP contribution is -2.09. The molecular formula is C12H9ClN2O. The lowest BCUT2D eigenvalue weighted by Gasteiger charge is -2.00. The summed E-state index contributed by atoms with van der Waals surface area (Å²) >= 11 is 5.76. The van der Waals surface area contributed by atoms with Crippen LogP contribution >= 0.6 is 11.6 Å². The Balaban J connectivity index is 2.59. The van der Waals surface area contributed by atoms with E-state index in [0.717, 1.165) is 10.9 Å². The molecule has 1 N–H and O–H groups in total. The van der Waals surface area contributed by atoms with E-state index >= 15 is 0 Å². The van der Waals surface area contributed by atoms with Crippen LogP contribution in [-0.4, -0.2) is 16.1 Å². The third kappa shape index (κ3) is 1.68. The maximum absolute atomic E-state index is 11.8. The summed E-state index contributed by atoms with van der Waals surface area (Å²) in [5.74, 6) is -0.113. The molecule has 0 bridgehead atoms. The van der Waals surface area contributed by atoms with Crippen LogP contribution in [-0.2, 0) is 0 Å². The van der Waals surface area contributed by atoms with Gasteiger partial charge >= 0.3 is 0 Å². The van der Waals surface area contributed by atoms with Crippen molar-refractivity contribution in [2.24, 2.45) is 0 Å². The number of carbonyl (C=O) groups is 1. The molecule has 0 aliphatic rings. The summed E-state index contributed by atoms with van der Waals surface area (Å²) in [6.07, 6.45) is 1.63. The number of aromatic nitrogens is 1. The molecule has 1 heterocycles. The molecule has 0 aliphatic carbocycles. The average molecular weight is 233 g/mol. The Morgan fingerprint density at radius 2 is 2.31 bits per heavy atom. The number of alkyl halides is 1. The van der Waals surface area contributed by atoms with Gasteiger partial charge in [-0.1, -0.05) is 6.07 Å². The lowest BCUT2D eigenvalue weighted by atomic mass is 10.1. The van der Waals surface area contributed by atoms with Gasteiger partial charge in [0.1, 0.15) is 0 Å². The fourth-order valence-electron chi connectivity index (χ4n) is 1.61. The number of carbonyl (C=O) groups excluding carboxylic acids is 1. The number of Topliss-reactive ketones (excluding diaryl/α,β-unsaturated/α-hetero) is 1. The second kappa shape index (κ2) is 3.99. The summed E-state index contributed by atoms with van der Waals surface area (Å²) < 4.78 is 0. The molecular weight excluding hydrogens is 224 g/mol. The molecule has 1 aromatic carbocycles. The predicted molar refractivity (Wildman–Crippen MR) is 62.7 cm³/mol. The fourth-order valence-corrected chi connectivity index (χ4v) is 1.73. The first kappa shape index (κ1) is 10.7. The van der Waals surface area contributed by atoms with E-state index in [-0.39, 0.29) is 5.78 Å². The summed E-state index contributed by atoms with van der Waals surface area (Å²) in [4.78, 5) is 14.7. The van der Waals surface area contributed by atoms with Crippen molar-refractivity contribution in [2.75, 3.05) is 0 Å². The summed E-state index contributed by atoms with van der Waals surface area (Å²) in [5, 5.41) is 9.01. The van der Waals surface area contributed by atoms with Crippen LogP contribution in [0.3, 0.4) is 0 Å². The van der Waals surface area contributed by atoms with Gasteiger partial charge in [0.25, 0.3) is 0 Å². The van der Waals surface area contributed by atoms with E-state index in [4.69, 9.17) is 16.9 Å². The zero-order valence-corrected chi connectivity index (χ0v) is 9.38. The maximum Gasteiger partial charge on any atom is 0.182 e. The smallest absolute Gasteiger partial charge is 0.182 e. The third-order valence-corrected chi connectivity index (χ3v) is 2.64. The van der Waals surface area contributed by atoms with Crippen LogP contribution in [0.15, 0.2) is 24.4 Å². The van der Waals surface area contributed by atoms with E-state index in [0.29, 0.717) is 11.1 Å². The zero-order chi connectivity index (χ0) is 11.7. The Labute approximate surface area is 97.6 Å². The topological polar surface area (TPSA) is 56.6 Å². The Morgan fingerprint density at radius 1 is 1.56 bits per heavy atom. The van der Waals surface area contributed by atoms with Crippen LogP contribution in [0.1, 0.15) is 22.8 Å². The molecule has 0 amide bonds. The number of benzene rings is 1. The van der Waals surface area contributed by atoms with Gasteiger partial charge in [-0.05, 0) is 19.1 Å². The van der Waals surface area contributed by atoms with Crippen molar-refractivity contribution < 1.29 is 4.79 Å². The summed E-state index contributed by atoms with van der Waals surface area (Å²) in [6, 6.07) is 7.21. The van der Waals surface area contributed by atoms with Crippen molar-refractivity contribution in [2.45, 2.75) is 12.3 Å². The number of fused-ring (bicyclic) bond motifs is 1. The maximum atomic E-state index is 11.8. The first-order valence-corrected chi connectivity index (χ1v) is 5.26. The summed E-state index contributed by atoms with van der Waals surface area (Å²) in [7, 11) is 0. The van der Waals surface area contributed by atoms with Gasteiger partial charge < -0.3 is 4.98 Å². The SMILES string of the molecule is CC(Cl)C(=O)c1c[nH]c2cc(C#N)ccc12. The number of rotatable bonds is 2. The number of hydrogen-bond acceptors (Lipinski definition) is 2. The highest BCUT2D eigenvalue weighted by Crippen LogP contribution is 2.21. The number of H-pyrrole nitrogens is 1. The molecule has 16 heavy (non-hydrogen) atoms. The largest absolute Gasteiger partial charge is 0.360 e. The van der Waals surface area contributed by atoms with Crippen molar-refractivity contribution in [1.82, 2.24) is 4.98 Å². The fraction of sp³-hybridized carbons (Fsp3) is 0.167. The van der Waals surface area contributed by atoms with Gasteiger partial charge in [0.2, 0.25) is 0 Å². The van der Waals surface area contributed by atoms with E-state index in [1.54, 1.807) is 31.3 Å². The molecule has 2 aromatic rings. The highest BCUT2D eigenvalue weighted by Gasteiger charge is 2.16. The highest BCUT2D eigenvalue weighted by atomic mass is 35.5. The van der Waals surface area contributed by atoms with Gasteiger partial charge in [-0.3, -0.25) is 4.79 Å². The number of nitrogens with one attached hydrogen (secondary N) is 1. The van der Waals surface area contributed by atoms with E-state index in [2.05, 4.69) is 4.98 Å². The Kier molecular flexibility index (Phi) is 2.67. The van der Waals surface area contributed by atoms with Gasteiger partial charge in [-0.25, -0.2) is 0 Å². The molecule has 1 unspecified atom stereocenters. The van der Waals surface area contributed by atoms with Crippen molar-refractivity contribution in [3.8, 4) is 6.07 Å². The first-order valence-electron chi connectivity index (χ1n) is 4.83. The van der Waals surface area contributed by atoms with E-state index < -0.39 is 5.38 Å². The van der Waals surface area contributed by atoms with E-state index in [9.17, 15) is 4.79 Å². The van der Waals surface area contributed by atoms with Crippen LogP contribution in [0.5, 0.6) is 0 Å². The summed E-state index contributed by atoms with van der Waals surface area (Å²) in [6.45, 7) is 1.65. The molecule has 0 fully saturated rings. The number of ketones is 1. The van der Waals surface area contributed by atoms with E-state index in [1.165, 1.54) is 0 Å². The molecule has 0 radical (unpaired) electrons. The number of halogens is 1. The Morgan fingerprint density at radius 3 is 2.94 bits per heavy atom. The van der Waals surface area contributed by atoms with Gasteiger partial charge in [-0.15, -0.1) is 11.6 Å². The van der Waals surface area contributed by atoms with Gasteiger partial charge in [-0.2, -0.15) is 5.26 Å². The minimum atomic E-state index is -0.547. The van der Waals surface area contributed by atoms with Crippen LogP contribution in [0.2, 0.25) is 0 Å². The second-order valence-electron chi connectivity index (χ2n) is 3.55. The molecule has 1 atom stereocenters. The number of aromatic amines is 1. The first-order chi connectivity index (χ1) is 7.63. The van der Waals surface area contributed by atoms with Crippen molar-refractivity contribution in [3.63, 3.8) is 0 Å². The third-order valence-electron chi connectivity index (χ3n) is 2.44. The quantitative estimate of drug-likeness (QED) is 0.639. The number of nitriles is 1. The van der Waals surface area contributed by atoms with Gasteiger partial charge in [0.15, 0.2) is 5.78 Å². The monoisotopic (exact) mass is 232 g/mol. The standard InChI is InChI=1S/C12H9ClN2O/c1-7(13)12(16)10-6-15-11-4-8(5-14)2-3-9(10)11/h2-4,6-7,15H,1H3. The normalized spacial score (nSPS) is 12.3. The molecule has 0 saturated heterocycles. The van der Waals surface area contributed by atoms with Crippen molar-refractivity contribution in [1.29, 1.82) is 5.26 Å². The molecule has 3 nitrogen and oxygen atoms in total. The minimum absolute atomic E-state index is 0.113. The van der Waals surface area contributed by atoms with Crippen LogP contribution in [0.4, 0.5) is 0 Å². The average Bonchev–Trinajstić information content (AvgIpc) is 2.70. The molecule has 4 heteroatoms.